The Morgan fingerprint density at radius 2 is 2.07 bits per heavy atom. The van der Waals surface area contributed by atoms with E-state index in [-0.39, 0.29) is 10.2 Å². The van der Waals surface area contributed by atoms with Crippen molar-refractivity contribution >= 4 is 35.7 Å². The Kier molecular flexibility index (Phi) is 3.39. The largest absolute Gasteiger partial charge is 0.495 e. The Hall–Kier alpha value is -0.330. The quantitative estimate of drug-likeness (QED) is 0.789. The standard InChI is InChI=1S/C7H5BrClFO3S/c1-13-5-3-2-4(8)6(10)7(5)14(9,11)12/h2-3H,1H3. The molecule has 78 valence electrons. The average Bonchev–Trinajstić information content (AvgIpc) is 2.07. The van der Waals surface area contributed by atoms with Crippen LogP contribution in [0.25, 0.3) is 0 Å². The minimum Gasteiger partial charge on any atom is -0.495 e. The molecule has 0 amide bonds. The molecule has 0 saturated heterocycles. The van der Waals surface area contributed by atoms with Gasteiger partial charge in [-0.05, 0) is 28.1 Å². The van der Waals surface area contributed by atoms with E-state index in [4.69, 9.17) is 10.7 Å². The minimum absolute atomic E-state index is 0.0116. The van der Waals surface area contributed by atoms with Crippen LogP contribution in [0.4, 0.5) is 4.39 Å². The zero-order chi connectivity index (χ0) is 10.9. The van der Waals surface area contributed by atoms with Crippen molar-refractivity contribution in [2.75, 3.05) is 7.11 Å². The lowest BCUT2D eigenvalue weighted by Gasteiger charge is -2.07. The summed E-state index contributed by atoms with van der Waals surface area (Å²) in [4.78, 5) is -0.656. The van der Waals surface area contributed by atoms with Gasteiger partial charge in [0.05, 0.1) is 11.6 Å². The Morgan fingerprint density at radius 1 is 1.50 bits per heavy atom. The van der Waals surface area contributed by atoms with Crippen LogP contribution in [-0.2, 0) is 9.05 Å². The summed E-state index contributed by atoms with van der Waals surface area (Å²) in [6.07, 6.45) is 0. The summed E-state index contributed by atoms with van der Waals surface area (Å²) in [6.45, 7) is 0. The van der Waals surface area contributed by atoms with Crippen molar-refractivity contribution in [2.45, 2.75) is 4.90 Å². The van der Waals surface area contributed by atoms with Gasteiger partial charge in [-0.15, -0.1) is 0 Å². The van der Waals surface area contributed by atoms with Crippen LogP contribution < -0.4 is 4.74 Å². The molecule has 1 aromatic carbocycles. The zero-order valence-corrected chi connectivity index (χ0v) is 10.1. The van der Waals surface area contributed by atoms with Crippen LogP contribution in [0, 0.1) is 5.82 Å². The summed E-state index contributed by atoms with van der Waals surface area (Å²) in [5.74, 6) is -1.08. The zero-order valence-electron chi connectivity index (χ0n) is 6.92. The molecule has 0 aliphatic heterocycles. The molecule has 3 nitrogen and oxygen atoms in total. The molecule has 0 saturated carbocycles. The van der Waals surface area contributed by atoms with E-state index in [1.807, 2.05) is 0 Å². The Labute approximate surface area is 93.4 Å². The van der Waals surface area contributed by atoms with Crippen LogP contribution >= 0.6 is 26.6 Å². The van der Waals surface area contributed by atoms with Gasteiger partial charge in [0.1, 0.15) is 5.75 Å². The molecule has 1 aromatic rings. The first kappa shape index (κ1) is 11.7. The van der Waals surface area contributed by atoms with Gasteiger partial charge in [-0.2, -0.15) is 0 Å². The fourth-order valence-corrected chi connectivity index (χ4v) is 2.51. The monoisotopic (exact) mass is 302 g/mol. The molecular formula is C7H5BrClFO3S. The third kappa shape index (κ3) is 2.18. The van der Waals surface area contributed by atoms with E-state index in [0.717, 1.165) is 0 Å². The number of ether oxygens (including phenoxy) is 1. The van der Waals surface area contributed by atoms with Gasteiger partial charge < -0.3 is 4.74 Å². The highest BCUT2D eigenvalue weighted by atomic mass is 79.9. The van der Waals surface area contributed by atoms with Gasteiger partial charge in [0.25, 0.3) is 9.05 Å². The average molecular weight is 304 g/mol. The second-order valence-corrected chi connectivity index (χ2v) is 5.69. The normalized spacial score (nSPS) is 11.4. The molecule has 0 unspecified atom stereocenters. The lowest BCUT2D eigenvalue weighted by molar-refractivity contribution is 0.395. The fourth-order valence-electron chi connectivity index (χ4n) is 0.902. The predicted molar refractivity (Wildman–Crippen MR) is 53.7 cm³/mol. The van der Waals surface area contributed by atoms with Crippen LogP contribution in [0.1, 0.15) is 0 Å². The lowest BCUT2D eigenvalue weighted by atomic mass is 10.3. The van der Waals surface area contributed by atoms with Crippen LogP contribution in [0.5, 0.6) is 5.75 Å². The smallest absolute Gasteiger partial charge is 0.267 e. The van der Waals surface area contributed by atoms with E-state index in [2.05, 4.69) is 20.7 Å². The van der Waals surface area contributed by atoms with Crippen LogP contribution in [0.15, 0.2) is 21.5 Å². The molecular weight excluding hydrogens is 298 g/mol. The van der Waals surface area contributed by atoms with Gasteiger partial charge in [-0.25, -0.2) is 12.8 Å². The number of hydrogen-bond acceptors (Lipinski definition) is 3. The van der Waals surface area contributed by atoms with E-state index in [1.54, 1.807) is 0 Å². The molecule has 0 atom stereocenters. The maximum absolute atomic E-state index is 13.4. The third-order valence-corrected chi connectivity index (χ3v) is 3.42. The van der Waals surface area contributed by atoms with Crippen molar-refractivity contribution in [3.63, 3.8) is 0 Å². The van der Waals surface area contributed by atoms with Crippen molar-refractivity contribution in [3.8, 4) is 5.75 Å². The summed E-state index contributed by atoms with van der Waals surface area (Å²) in [7, 11) is 2.12. The summed E-state index contributed by atoms with van der Waals surface area (Å²) in [6, 6.07) is 2.64. The maximum atomic E-state index is 13.4. The topological polar surface area (TPSA) is 43.4 Å². The molecule has 0 heterocycles. The second-order valence-electron chi connectivity index (χ2n) is 2.33. The van der Waals surface area contributed by atoms with E-state index in [1.165, 1.54) is 19.2 Å². The lowest BCUT2D eigenvalue weighted by Crippen LogP contribution is -2.00. The highest BCUT2D eigenvalue weighted by Gasteiger charge is 2.23. The predicted octanol–water partition coefficient (Wildman–Crippen LogP) is 2.52. The van der Waals surface area contributed by atoms with Crippen LogP contribution in [-0.4, -0.2) is 15.5 Å². The summed E-state index contributed by atoms with van der Waals surface area (Å²) < 4.78 is 40.1. The van der Waals surface area contributed by atoms with Gasteiger partial charge in [0, 0.05) is 10.7 Å². The van der Waals surface area contributed by atoms with Gasteiger partial charge in [0.15, 0.2) is 10.7 Å². The van der Waals surface area contributed by atoms with Crippen molar-refractivity contribution in [2.24, 2.45) is 0 Å². The van der Waals surface area contributed by atoms with Crippen LogP contribution in [0.3, 0.4) is 0 Å². The molecule has 1 rings (SSSR count). The van der Waals surface area contributed by atoms with E-state index < -0.39 is 19.8 Å². The fraction of sp³-hybridized carbons (Fsp3) is 0.143. The second kappa shape index (κ2) is 4.04. The first-order valence-corrected chi connectivity index (χ1v) is 6.45. The van der Waals surface area contributed by atoms with E-state index in [9.17, 15) is 12.8 Å². The highest BCUT2D eigenvalue weighted by Crippen LogP contribution is 2.33. The molecule has 0 aliphatic carbocycles. The SMILES string of the molecule is COc1ccc(Br)c(F)c1S(=O)(=O)Cl. The summed E-state index contributed by atoms with van der Waals surface area (Å²) in [5.41, 5.74) is 0. The van der Waals surface area contributed by atoms with Crippen molar-refractivity contribution < 1.29 is 17.5 Å². The molecule has 14 heavy (non-hydrogen) atoms. The first-order valence-electron chi connectivity index (χ1n) is 3.34. The van der Waals surface area contributed by atoms with Gasteiger partial charge in [-0.1, -0.05) is 0 Å². The number of methoxy groups -OCH3 is 1. The molecule has 0 radical (unpaired) electrons. The Bertz CT molecular complexity index is 460. The van der Waals surface area contributed by atoms with E-state index >= 15 is 0 Å². The minimum atomic E-state index is -4.16. The number of benzene rings is 1. The van der Waals surface area contributed by atoms with Crippen molar-refractivity contribution in [1.82, 2.24) is 0 Å². The molecule has 0 spiro atoms. The first-order chi connectivity index (χ1) is 6.38. The Balaban J connectivity index is 3.60. The summed E-state index contributed by atoms with van der Waals surface area (Å²) >= 11 is 2.85. The van der Waals surface area contributed by atoms with E-state index in [0.29, 0.717) is 0 Å². The molecule has 0 aromatic heterocycles. The van der Waals surface area contributed by atoms with Gasteiger partial charge in [-0.3, -0.25) is 0 Å². The van der Waals surface area contributed by atoms with Crippen molar-refractivity contribution in [3.05, 3.63) is 22.4 Å². The highest BCUT2D eigenvalue weighted by molar-refractivity contribution is 9.10. The number of halogens is 3. The molecule has 7 heteroatoms. The third-order valence-electron chi connectivity index (χ3n) is 1.48. The van der Waals surface area contributed by atoms with Gasteiger partial charge >= 0.3 is 0 Å². The van der Waals surface area contributed by atoms with Gasteiger partial charge in [0.2, 0.25) is 0 Å². The van der Waals surface area contributed by atoms with Crippen molar-refractivity contribution in [1.29, 1.82) is 0 Å². The molecule has 0 fully saturated rings. The molecule has 0 bridgehead atoms. The summed E-state index contributed by atoms with van der Waals surface area (Å²) in [5, 5.41) is 0. The molecule has 0 N–H and O–H groups in total. The molecule has 0 aliphatic rings. The number of rotatable bonds is 2. The Morgan fingerprint density at radius 3 is 2.50 bits per heavy atom. The van der Waals surface area contributed by atoms with Crippen LogP contribution in [0.2, 0.25) is 0 Å². The number of hydrogen-bond donors (Lipinski definition) is 0. The maximum Gasteiger partial charge on any atom is 0.267 e.